The summed E-state index contributed by atoms with van der Waals surface area (Å²) in [5, 5.41) is 0. The highest BCUT2D eigenvalue weighted by Gasteiger charge is 2.12. The van der Waals surface area contributed by atoms with Crippen LogP contribution in [0, 0.1) is 13.8 Å². The molecular weight excluding hydrogens is 246 g/mol. The van der Waals surface area contributed by atoms with E-state index in [9.17, 15) is 0 Å². The first-order chi connectivity index (χ1) is 9.63. The van der Waals surface area contributed by atoms with Crippen molar-refractivity contribution in [1.82, 2.24) is 10.4 Å². The number of pyridine rings is 1. The number of rotatable bonds is 5. The number of aryl methyl sites for hydroxylation is 3. The molecule has 0 aliphatic heterocycles. The van der Waals surface area contributed by atoms with Crippen molar-refractivity contribution in [1.29, 1.82) is 0 Å². The van der Waals surface area contributed by atoms with Gasteiger partial charge in [0.1, 0.15) is 0 Å². The van der Waals surface area contributed by atoms with E-state index in [1.165, 1.54) is 22.3 Å². The molecule has 106 valence electrons. The summed E-state index contributed by atoms with van der Waals surface area (Å²) in [6.07, 6.45) is 3.76. The van der Waals surface area contributed by atoms with Gasteiger partial charge in [0.05, 0.1) is 6.04 Å². The van der Waals surface area contributed by atoms with Crippen molar-refractivity contribution in [2.45, 2.75) is 39.7 Å². The Labute approximate surface area is 121 Å². The van der Waals surface area contributed by atoms with Crippen LogP contribution in [-0.2, 0) is 12.8 Å². The second kappa shape index (κ2) is 6.64. The third kappa shape index (κ3) is 3.44. The van der Waals surface area contributed by atoms with Crippen molar-refractivity contribution in [3.63, 3.8) is 0 Å². The van der Waals surface area contributed by atoms with Gasteiger partial charge in [0.25, 0.3) is 0 Å². The first kappa shape index (κ1) is 14.7. The maximum absolute atomic E-state index is 5.72. The van der Waals surface area contributed by atoms with Crippen LogP contribution in [0.15, 0.2) is 36.5 Å². The molecule has 0 fully saturated rings. The molecule has 3 nitrogen and oxygen atoms in total. The molecule has 0 saturated carbocycles. The minimum Gasteiger partial charge on any atom is -0.271 e. The Balaban J connectivity index is 2.16. The minimum atomic E-state index is 0.0919. The van der Waals surface area contributed by atoms with Crippen molar-refractivity contribution in [3.8, 4) is 0 Å². The van der Waals surface area contributed by atoms with Gasteiger partial charge in [0.15, 0.2) is 0 Å². The van der Waals surface area contributed by atoms with E-state index in [-0.39, 0.29) is 6.04 Å². The van der Waals surface area contributed by atoms with Gasteiger partial charge in [0, 0.05) is 18.3 Å². The summed E-state index contributed by atoms with van der Waals surface area (Å²) in [6, 6.07) is 10.8. The van der Waals surface area contributed by atoms with Crippen molar-refractivity contribution in [2.24, 2.45) is 5.84 Å². The zero-order chi connectivity index (χ0) is 14.5. The number of benzene rings is 1. The maximum atomic E-state index is 5.72. The number of nitrogens with zero attached hydrogens (tertiary/aromatic N) is 1. The molecule has 3 heteroatoms. The molecular formula is C17H23N3. The van der Waals surface area contributed by atoms with Gasteiger partial charge in [0.2, 0.25) is 0 Å². The molecule has 0 aliphatic rings. The summed E-state index contributed by atoms with van der Waals surface area (Å²) in [6.45, 7) is 6.38. The summed E-state index contributed by atoms with van der Waals surface area (Å²) < 4.78 is 0. The van der Waals surface area contributed by atoms with Crippen molar-refractivity contribution in [2.75, 3.05) is 0 Å². The Hall–Kier alpha value is -1.71. The van der Waals surface area contributed by atoms with Gasteiger partial charge >= 0.3 is 0 Å². The Morgan fingerprint density at radius 1 is 1.15 bits per heavy atom. The Bertz CT molecular complexity index is 561. The quantitative estimate of drug-likeness (QED) is 0.648. The van der Waals surface area contributed by atoms with Gasteiger partial charge in [-0.2, -0.15) is 0 Å². The fourth-order valence-electron chi connectivity index (χ4n) is 2.25. The number of hydrogen-bond donors (Lipinski definition) is 2. The molecule has 2 aromatic rings. The number of nitrogens with two attached hydrogens (primary N) is 1. The average molecular weight is 269 g/mol. The Kier molecular flexibility index (Phi) is 4.88. The summed E-state index contributed by atoms with van der Waals surface area (Å²) in [5.41, 5.74) is 9.02. The van der Waals surface area contributed by atoms with Crippen LogP contribution < -0.4 is 11.3 Å². The summed E-state index contributed by atoms with van der Waals surface area (Å²) in [5.74, 6) is 5.72. The number of hydrogen-bond acceptors (Lipinski definition) is 3. The second-order valence-corrected chi connectivity index (χ2v) is 5.28. The van der Waals surface area contributed by atoms with E-state index < -0.39 is 0 Å². The third-order valence-electron chi connectivity index (χ3n) is 3.84. The maximum Gasteiger partial charge on any atom is 0.0515 e. The zero-order valence-electron chi connectivity index (χ0n) is 12.5. The molecule has 1 atom stereocenters. The van der Waals surface area contributed by atoms with Crippen LogP contribution >= 0.6 is 0 Å². The normalized spacial score (nSPS) is 12.4. The molecule has 0 aliphatic carbocycles. The van der Waals surface area contributed by atoms with E-state index in [1.807, 2.05) is 6.20 Å². The van der Waals surface area contributed by atoms with Crippen molar-refractivity contribution >= 4 is 0 Å². The highest BCUT2D eigenvalue weighted by Crippen LogP contribution is 2.20. The SMILES string of the molecule is CCc1ccc(CC(NN)c2ccc(C)c(C)c2)nc1. The van der Waals surface area contributed by atoms with Crippen LogP contribution in [0.5, 0.6) is 0 Å². The summed E-state index contributed by atoms with van der Waals surface area (Å²) in [7, 11) is 0. The van der Waals surface area contributed by atoms with Crippen LogP contribution in [0.3, 0.4) is 0 Å². The molecule has 1 aromatic heterocycles. The van der Waals surface area contributed by atoms with Gasteiger partial charge in [-0.15, -0.1) is 0 Å². The van der Waals surface area contributed by atoms with E-state index in [2.05, 4.69) is 61.5 Å². The number of nitrogens with one attached hydrogen (secondary N) is 1. The third-order valence-corrected chi connectivity index (χ3v) is 3.84. The predicted octanol–water partition coefficient (Wildman–Crippen LogP) is 3.01. The molecule has 1 unspecified atom stereocenters. The predicted molar refractivity (Wildman–Crippen MR) is 83.3 cm³/mol. The molecule has 3 N–H and O–H groups in total. The lowest BCUT2D eigenvalue weighted by Gasteiger charge is -2.17. The number of aromatic nitrogens is 1. The van der Waals surface area contributed by atoms with E-state index >= 15 is 0 Å². The monoisotopic (exact) mass is 269 g/mol. The largest absolute Gasteiger partial charge is 0.271 e. The first-order valence-electron chi connectivity index (χ1n) is 7.11. The van der Waals surface area contributed by atoms with Gasteiger partial charge in [-0.1, -0.05) is 31.2 Å². The minimum absolute atomic E-state index is 0.0919. The van der Waals surface area contributed by atoms with E-state index in [4.69, 9.17) is 5.84 Å². The zero-order valence-corrected chi connectivity index (χ0v) is 12.5. The fraction of sp³-hybridized carbons (Fsp3) is 0.353. The topological polar surface area (TPSA) is 50.9 Å². The fourth-order valence-corrected chi connectivity index (χ4v) is 2.25. The molecule has 20 heavy (non-hydrogen) atoms. The summed E-state index contributed by atoms with van der Waals surface area (Å²) in [4.78, 5) is 4.51. The van der Waals surface area contributed by atoms with E-state index in [1.54, 1.807) is 0 Å². The van der Waals surface area contributed by atoms with Gasteiger partial charge in [-0.25, -0.2) is 0 Å². The molecule has 1 aromatic carbocycles. The summed E-state index contributed by atoms with van der Waals surface area (Å²) >= 11 is 0. The van der Waals surface area contributed by atoms with Crippen LogP contribution in [-0.4, -0.2) is 4.98 Å². The van der Waals surface area contributed by atoms with Crippen LogP contribution in [0.1, 0.15) is 40.9 Å². The van der Waals surface area contributed by atoms with Gasteiger partial charge < -0.3 is 0 Å². The number of hydrazine groups is 1. The second-order valence-electron chi connectivity index (χ2n) is 5.28. The van der Waals surface area contributed by atoms with Crippen LogP contribution in [0.2, 0.25) is 0 Å². The van der Waals surface area contributed by atoms with E-state index in [0.717, 1.165) is 18.5 Å². The molecule has 0 saturated heterocycles. The lowest BCUT2D eigenvalue weighted by atomic mass is 9.98. The van der Waals surface area contributed by atoms with Gasteiger partial charge in [-0.3, -0.25) is 16.3 Å². The highest BCUT2D eigenvalue weighted by molar-refractivity contribution is 5.32. The molecule has 2 rings (SSSR count). The van der Waals surface area contributed by atoms with Gasteiger partial charge in [-0.05, 0) is 48.6 Å². The smallest absolute Gasteiger partial charge is 0.0515 e. The molecule has 0 bridgehead atoms. The lowest BCUT2D eigenvalue weighted by molar-refractivity contribution is 0.545. The van der Waals surface area contributed by atoms with E-state index in [0.29, 0.717) is 0 Å². The van der Waals surface area contributed by atoms with Crippen molar-refractivity contribution in [3.05, 3.63) is 64.5 Å². The van der Waals surface area contributed by atoms with Crippen LogP contribution in [0.25, 0.3) is 0 Å². The lowest BCUT2D eigenvalue weighted by Crippen LogP contribution is -2.29. The Morgan fingerprint density at radius 2 is 1.95 bits per heavy atom. The average Bonchev–Trinajstić information content (AvgIpc) is 2.48. The molecule has 1 heterocycles. The van der Waals surface area contributed by atoms with Crippen LogP contribution in [0.4, 0.5) is 0 Å². The first-order valence-corrected chi connectivity index (χ1v) is 7.11. The highest BCUT2D eigenvalue weighted by atomic mass is 15.2. The standard InChI is InChI=1S/C17H23N3/c1-4-14-6-8-16(19-11-14)10-17(20-18)15-7-5-12(2)13(3)9-15/h5-9,11,17,20H,4,10,18H2,1-3H3. The molecule has 0 radical (unpaired) electrons. The Morgan fingerprint density at radius 3 is 2.50 bits per heavy atom. The molecule has 0 amide bonds. The molecule has 0 spiro atoms. The van der Waals surface area contributed by atoms with Crippen molar-refractivity contribution < 1.29 is 0 Å².